The van der Waals surface area contributed by atoms with Gasteiger partial charge < -0.3 is 15.7 Å². The van der Waals surface area contributed by atoms with Crippen LogP contribution in [0.5, 0.6) is 0 Å². The van der Waals surface area contributed by atoms with Crippen LogP contribution in [0.3, 0.4) is 0 Å². The van der Waals surface area contributed by atoms with Crippen molar-refractivity contribution in [2.24, 2.45) is 5.92 Å². The first-order valence-corrected chi connectivity index (χ1v) is 8.34. The van der Waals surface area contributed by atoms with Crippen LogP contribution in [-0.2, 0) is 4.79 Å². The van der Waals surface area contributed by atoms with Crippen molar-refractivity contribution in [3.05, 3.63) is 42.5 Å². The molecule has 0 amide bonds. The molecule has 1 fully saturated rings. The molecule has 1 aliphatic heterocycles. The second-order valence-corrected chi connectivity index (χ2v) is 6.04. The zero-order chi connectivity index (χ0) is 17.5. The predicted molar refractivity (Wildman–Crippen MR) is 96.0 cm³/mol. The molecule has 3 N–H and O–H groups in total. The number of nitrogens with one attached hydrogen (secondary N) is 2. The van der Waals surface area contributed by atoms with Crippen molar-refractivity contribution in [1.82, 2.24) is 20.3 Å². The van der Waals surface area contributed by atoms with Crippen LogP contribution in [0.4, 0.5) is 5.82 Å². The van der Waals surface area contributed by atoms with Crippen molar-refractivity contribution in [2.75, 3.05) is 25.0 Å². The number of anilines is 1. The van der Waals surface area contributed by atoms with E-state index in [1.807, 2.05) is 6.07 Å². The number of aliphatic carboxylic acids is 1. The Morgan fingerprint density at radius 1 is 1.24 bits per heavy atom. The largest absolute Gasteiger partial charge is 0.478 e. The molecule has 2 aromatic rings. The highest BCUT2D eigenvalue weighted by Gasteiger charge is 2.13. The summed E-state index contributed by atoms with van der Waals surface area (Å²) in [6.45, 7) is 3.03. The van der Waals surface area contributed by atoms with Gasteiger partial charge in [0.2, 0.25) is 0 Å². The van der Waals surface area contributed by atoms with Gasteiger partial charge in [-0.05, 0) is 49.6 Å². The lowest BCUT2D eigenvalue weighted by Crippen LogP contribution is -2.31. The third kappa shape index (κ3) is 5.09. The normalized spacial score (nSPS) is 15.4. The number of nitrogens with zero attached hydrogens (tertiary/aromatic N) is 3. The number of hydrogen-bond acceptors (Lipinski definition) is 6. The molecule has 1 saturated heterocycles. The Kier molecular flexibility index (Phi) is 5.69. The van der Waals surface area contributed by atoms with Gasteiger partial charge in [-0.25, -0.2) is 9.78 Å². The third-order valence-corrected chi connectivity index (χ3v) is 4.14. The SMILES string of the molecule is O=C(O)/C=C/c1cncc(-c2cncc(NCC3CCNCC3)n2)c1. The van der Waals surface area contributed by atoms with Crippen molar-refractivity contribution >= 4 is 17.9 Å². The Labute approximate surface area is 146 Å². The van der Waals surface area contributed by atoms with Gasteiger partial charge in [-0.3, -0.25) is 9.97 Å². The highest BCUT2D eigenvalue weighted by atomic mass is 16.4. The molecular formula is C18H21N5O2. The molecule has 3 rings (SSSR count). The Bertz CT molecular complexity index is 757. The van der Waals surface area contributed by atoms with Crippen LogP contribution < -0.4 is 10.6 Å². The third-order valence-electron chi connectivity index (χ3n) is 4.14. The Balaban J connectivity index is 1.70. The van der Waals surface area contributed by atoms with E-state index in [2.05, 4.69) is 25.6 Å². The molecule has 1 aliphatic rings. The number of pyridine rings is 1. The average molecular weight is 339 g/mol. The highest BCUT2D eigenvalue weighted by molar-refractivity contribution is 5.85. The molecule has 130 valence electrons. The lowest BCUT2D eigenvalue weighted by atomic mass is 9.98. The molecule has 0 aliphatic carbocycles. The second kappa shape index (κ2) is 8.34. The standard InChI is InChI=1S/C18H21N5O2/c24-18(25)2-1-14-7-15(10-20-8-14)16-11-21-12-17(23-16)22-9-13-3-5-19-6-4-13/h1-2,7-8,10-13,19H,3-6,9H2,(H,22,23)(H,24,25)/b2-1+. The van der Waals surface area contributed by atoms with E-state index >= 15 is 0 Å². The lowest BCUT2D eigenvalue weighted by molar-refractivity contribution is -0.131. The van der Waals surface area contributed by atoms with Crippen molar-refractivity contribution in [1.29, 1.82) is 0 Å². The van der Waals surface area contributed by atoms with E-state index in [9.17, 15) is 4.79 Å². The summed E-state index contributed by atoms with van der Waals surface area (Å²) in [6.07, 6.45) is 11.6. The maximum absolute atomic E-state index is 10.6. The van der Waals surface area contributed by atoms with Gasteiger partial charge in [0.1, 0.15) is 5.82 Å². The van der Waals surface area contributed by atoms with E-state index in [1.54, 1.807) is 24.8 Å². The molecule has 7 heteroatoms. The Morgan fingerprint density at radius 3 is 2.84 bits per heavy atom. The number of aromatic nitrogens is 3. The highest BCUT2D eigenvalue weighted by Crippen LogP contribution is 2.19. The van der Waals surface area contributed by atoms with Crippen LogP contribution in [0, 0.1) is 5.92 Å². The maximum atomic E-state index is 10.6. The van der Waals surface area contributed by atoms with Gasteiger partial charge in [0.15, 0.2) is 0 Å². The average Bonchev–Trinajstić information content (AvgIpc) is 2.66. The molecule has 0 radical (unpaired) electrons. The summed E-state index contributed by atoms with van der Waals surface area (Å²) in [5.41, 5.74) is 2.20. The molecule has 0 spiro atoms. The van der Waals surface area contributed by atoms with E-state index in [1.165, 1.54) is 18.9 Å². The minimum Gasteiger partial charge on any atom is -0.478 e. The summed E-state index contributed by atoms with van der Waals surface area (Å²) in [5.74, 6) is 0.398. The van der Waals surface area contributed by atoms with Crippen LogP contribution in [-0.4, -0.2) is 45.7 Å². The summed E-state index contributed by atoms with van der Waals surface area (Å²) < 4.78 is 0. The zero-order valence-corrected chi connectivity index (χ0v) is 13.9. The first kappa shape index (κ1) is 17.0. The van der Waals surface area contributed by atoms with Crippen LogP contribution in [0.2, 0.25) is 0 Å². The second-order valence-electron chi connectivity index (χ2n) is 6.04. The molecule has 3 heterocycles. The predicted octanol–water partition coefficient (Wildman–Crippen LogP) is 2.05. The van der Waals surface area contributed by atoms with Gasteiger partial charge in [-0.15, -0.1) is 0 Å². The monoisotopic (exact) mass is 339 g/mol. The fourth-order valence-corrected chi connectivity index (χ4v) is 2.78. The van der Waals surface area contributed by atoms with Gasteiger partial charge in [0, 0.05) is 30.6 Å². The number of hydrogen-bond donors (Lipinski definition) is 3. The quantitative estimate of drug-likeness (QED) is 0.693. The molecule has 0 aromatic carbocycles. The van der Waals surface area contributed by atoms with Gasteiger partial charge in [-0.2, -0.15) is 0 Å². The topological polar surface area (TPSA) is 100 Å². The molecule has 0 saturated carbocycles. The fourth-order valence-electron chi connectivity index (χ4n) is 2.78. The summed E-state index contributed by atoms with van der Waals surface area (Å²) in [4.78, 5) is 23.6. The van der Waals surface area contributed by atoms with E-state index in [4.69, 9.17) is 5.11 Å². The van der Waals surface area contributed by atoms with E-state index in [0.29, 0.717) is 17.2 Å². The smallest absolute Gasteiger partial charge is 0.328 e. The fraction of sp³-hybridized carbons (Fsp3) is 0.333. The first-order valence-electron chi connectivity index (χ1n) is 8.34. The number of carbonyl (C=O) groups is 1. The molecule has 0 atom stereocenters. The van der Waals surface area contributed by atoms with Crippen LogP contribution in [0.1, 0.15) is 18.4 Å². The van der Waals surface area contributed by atoms with Gasteiger partial charge in [0.05, 0.1) is 18.1 Å². The van der Waals surface area contributed by atoms with Gasteiger partial charge in [-0.1, -0.05) is 0 Å². The van der Waals surface area contributed by atoms with Crippen LogP contribution >= 0.6 is 0 Å². The van der Waals surface area contributed by atoms with E-state index < -0.39 is 5.97 Å². The molecule has 25 heavy (non-hydrogen) atoms. The number of carboxylic acid groups (broad SMARTS) is 1. The Hall–Kier alpha value is -2.80. The van der Waals surface area contributed by atoms with Crippen LogP contribution in [0.15, 0.2) is 36.9 Å². The molecular weight excluding hydrogens is 318 g/mol. The van der Waals surface area contributed by atoms with Crippen LogP contribution in [0.25, 0.3) is 17.3 Å². The van der Waals surface area contributed by atoms with Gasteiger partial charge in [0.25, 0.3) is 0 Å². The number of piperidine rings is 1. The minimum absolute atomic E-state index is 0.651. The summed E-state index contributed by atoms with van der Waals surface area (Å²) in [5, 5.41) is 15.4. The van der Waals surface area contributed by atoms with Crippen molar-refractivity contribution in [3.8, 4) is 11.3 Å². The first-order chi connectivity index (χ1) is 12.2. The van der Waals surface area contributed by atoms with Gasteiger partial charge >= 0.3 is 5.97 Å². The summed E-state index contributed by atoms with van der Waals surface area (Å²) in [6, 6.07) is 1.84. The Morgan fingerprint density at radius 2 is 2.04 bits per heavy atom. The molecule has 0 unspecified atom stereocenters. The molecule has 0 bridgehead atoms. The summed E-state index contributed by atoms with van der Waals surface area (Å²) >= 11 is 0. The minimum atomic E-state index is -0.991. The number of rotatable bonds is 6. The maximum Gasteiger partial charge on any atom is 0.328 e. The number of carboxylic acids is 1. The van der Waals surface area contributed by atoms with Crippen molar-refractivity contribution in [3.63, 3.8) is 0 Å². The zero-order valence-electron chi connectivity index (χ0n) is 13.9. The van der Waals surface area contributed by atoms with Crippen molar-refractivity contribution in [2.45, 2.75) is 12.8 Å². The van der Waals surface area contributed by atoms with Crippen molar-refractivity contribution < 1.29 is 9.90 Å². The molecule has 2 aromatic heterocycles. The lowest BCUT2D eigenvalue weighted by Gasteiger charge is -2.22. The molecule has 7 nitrogen and oxygen atoms in total. The summed E-state index contributed by atoms with van der Waals surface area (Å²) in [7, 11) is 0. The van der Waals surface area contributed by atoms with E-state index in [-0.39, 0.29) is 0 Å². The van der Waals surface area contributed by atoms with E-state index in [0.717, 1.165) is 37.1 Å².